The standard InChI is InChI=1S/C22H26N4O4S2/c1-14-6-9-20(31-14)32(28,29)26-10-2-4-15(13-26)22(27)23-16-7-8-17-18(12-16)25-21(24-17)19-5-3-11-30-19/h6-9,12,15,19H,2-5,10-11,13H2,1H3,(H,23,27)(H,24,25)/t15-,19-/m1/s1. The summed E-state index contributed by atoms with van der Waals surface area (Å²) in [5, 5.41) is 2.96. The largest absolute Gasteiger partial charge is 0.370 e. The maximum absolute atomic E-state index is 13.0. The number of carbonyl (C=O) groups excluding carboxylic acids is 1. The molecular weight excluding hydrogens is 448 g/mol. The van der Waals surface area contributed by atoms with E-state index in [9.17, 15) is 13.2 Å². The highest BCUT2D eigenvalue weighted by Crippen LogP contribution is 2.30. The topological polar surface area (TPSA) is 104 Å². The normalized spacial score (nSPS) is 22.4. The third kappa shape index (κ3) is 4.19. The molecule has 0 saturated carbocycles. The lowest BCUT2D eigenvalue weighted by atomic mass is 9.98. The zero-order valence-electron chi connectivity index (χ0n) is 17.8. The highest BCUT2D eigenvalue weighted by molar-refractivity contribution is 7.91. The molecule has 1 aromatic carbocycles. The minimum atomic E-state index is -3.57. The molecule has 8 nitrogen and oxygen atoms in total. The first-order valence-corrected chi connectivity index (χ1v) is 13.1. The second-order valence-electron chi connectivity index (χ2n) is 8.41. The number of carbonyl (C=O) groups is 1. The Morgan fingerprint density at radius 3 is 2.88 bits per heavy atom. The molecule has 0 spiro atoms. The zero-order valence-corrected chi connectivity index (χ0v) is 19.5. The van der Waals surface area contributed by atoms with E-state index in [-0.39, 0.29) is 24.5 Å². The number of fused-ring (bicyclic) bond motifs is 1. The number of nitrogens with one attached hydrogen (secondary N) is 2. The fraction of sp³-hybridized carbons (Fsp3) is 0.455. The van der Waals surface area contributed by atoms with Crippen molar-refractivity contribution in [1.82, 2.24) is 14.3 Å². The summed E-state index contributed by atoms with van der Waals surface area (Å²) in [6.45, 7) is 3.27. The quantitative estimate of drug-likeness (QED) is 0.585. The van der Waals surface area contributed by atoms with Crippen molar-refractivity contribution in [2.75, 3.05) is 25.0 Å². The number of H-pyrrole nitrogens is 1. The van der Waals surface area contributed by atoms with Crippen LogP contribution in [0, 0.1) is 12.8 Å². The van der Waals surface area contributed by atoms with Crippen LogP contribution < -0.4 is 5.32 Å². The fourth-order valence-electron chi connectivity index (χ4n) is 4.35. The monoisotopic (exact) mass is 474 g/mol. The highest BCUT2D eigenvalue weighted by atomic mass is 32.2. The molecular formula is C22H26N4O4S2. The number of hydrogen-bond donors (Lipinski definition) is 2. The number of piperidine rings is 1. The molecule has 3 aromatic rings. The molecule has 1 amide bonds. The van der Waals surface area contributed by atoms with Crippen molar-refractivity contribution in [2.24, 2.45) is 5.92 Å². The van der Waals surface area contributed by atoms with Crippen LogP contribution in [0.5, 0.6) is 0 Å². The minimum absolute atomic E-state index is 0.00254. The van der Waals surface area contributed by atoms with Gasteiger partial charge in [0.2, 0.25) is 5.91 Å². The zero-order chi connectivity index (χ0) is 22.3. The second kappa shape index (κ2) is 8.58. The number of aromatic amines is 1. The summed E-state index contributed by atoms with van der Waals surface area (Å²) in [4.78, 5) is 21.8. The Morgan fingerprint density at radius 1 is 1.25 bits per heavy atom. The number of aromatic nitrogens is 2. The number of ether oxygens (including phenoxy) is 1. The summed E-state index contributed by atoms with van der Waals surface area (Å²) in [5.74, 6) is 0.267. The third-order valence-corrected chi connectivity index (χ3v) is 9.40. The van der Waals surface area contributed by atoms with Crippen LogP contribution in [-0.2, 0) is 19.6 Å². The van der Waals surface area contributed by atoms with Crippen LogP contribution in [0.2, 0.25) is 0 Å². The Balaban J connectivity index is 1.28. The van der Waals surface area contributed by atoms with Gasteiger partial charge in [-0.3, -0.25) is 4.79 Å². The summed E-state index contributed by atoms with van der Waals surface area (Å²) in [6.07, 6.45) is 3.31. The van der Waals surface area contributed by atoms with Gasteiger partial charge in [0.15, 0.2) is 0 Å². The number of hydrogen-bond acceptors (Lipinski definition) is 6. The first-order valence-electron chi connectivity index (χ1n) is 10.9. The van der Waals surface area contributed by atoms with E-state index in [2.05, 4.69) is 15.3 Å². The average Bonchev–Trinajstić information content (AvgIpc) is 3.54. The molecule has 4 heterocycles. The highest BCUT2D eigenvalue weighted by Gasteiger charge is 2.34. The molecule has 2 aromatic heterocycles. The average molecular weight is 475 g/mol. The fourth-order valence-corrected chi connectivity index (χ4v) is 7.31. The van der Waals surface area contributed by atoms with Crippen LogP contribution in [-0.4, -0.2) is 48.3 Å². The van der Waals surface area contributed by atoms with Crippen molar-refractivity contribution in [1.29, 1.82) is 0 Å². The molecule has 2 saturated heterocycles. The minimum Gasteiger partial charge on any atom is -0.370 e. The van der Waals surface area contributed by atoms with Gasteiger partial charge >= 0.3 is 0 Å². The molecule has 2 aliphatic rings. The number of nitrogens with zero attached hydrogens (tertiary/aromatic N) is 2. The van der Waals surface area contributed by atoms with Gasteiger partial charge in [-0.2, -0.15) is 4.31 Å². The van der Waals surface area contributed by atoms with E-state index in [0.29, 0.717) is 29.3 Å². The number of benzene rings is 1. The Hall–Kier alpha value is -2.27. The lowest BCUT2D eigenvalue weighted by Gasteiger charge is -2.30. The number of anilines is 1. The van der Waals surface area contributed by atoms with Crippen LogP contribution in [0.3, 0.4) is 0 Å². The van der Waals surface area contributed by atoms with Gasteiger partial charge in [0, 0.05) is 30.3 Å². The van der Waals surface area contributed by atoms with Gasteiger partial charge in [-0.15, -0.1) is 11.3 Å². The van der Waals surface area contributed by atoms with Gasteiger partial charge in [-0.1, -0.05) is 0 Å². The molecule has 170 valence electrons. The van der Waals surface area contributed by atoms with Crippen molar-refractivity contribution in [3.05, 3.63) is 41.0 Å². The predicted octanol–water partition coefficient (Wildman–Crippen LogP) is 3.82. The van der Waals surface area contributed by atoms with Crippen molar-refractivity contribution in [3.8, 4) is 0 Å². The number of rotatable bonds is 5. The van der Waals surface area contributed by atoms with Crippen molar-refractivity contribution in [2.45, 2.75) is 42.9 Å². The number of amides is 1. The SMILES string of the molecule is Cc1ccc(S(=O)(=O)N2CCC[C@@H](C(=O)Nc3ccc4nc([C@H]5CCCO5)[nH]c4c3)C2)s1. The lowest BCUT2D eigenvalue weighted by Crippen LogP contribution is -2.43. The first-order chi connectivity index (χ1) is 15.4. The Morgan fingerprint density at radius 2 is 2.12 bits per heavy atom. The van der Waals surface area contributed by atoms with Crippen molar-refractivity contribution >= 4 is 44.0 Å². The molecule has 0 unspecified atom stereocenters. The summed E-state index contributed by atoms with van der Waals surface area (Å²) in [6, 6.07) is 9.01. The molecule has 2 atom stereocenters. The van der Waals surface area contributed by atoms with Crippen LogP contribution in [0.15, 0.2) is 34.5 Å². The molecule has 0 bridgehead atoms. The molecule has 2 N–H and O–H groups in total. The van der Waals surface area contributed by atoms with E-state index < -0.39 is 10.0 Å². The van der Waals surface area contributed by atoms with E-state index in [1.165, 1.54) is 15.6 Å². The predicted molar refractivity (Wildman–Crippen MR) is 123 cm³/mol. The van der Waals surface area contributed by atoms with Gasteiger partial charge < -0.3 is 15.0 Å². The molecule has 5 rings (SSSR count). The smallest absolute Gasteiger partial charge is 0.252 e. The van der Waals surface area contributed by atoms with Gasteiger partial charge in [-0.25, -0.2) is 13.4 Å². The third-order valence-electron chi connectivity index (χ3n) is 6.07. The molecule has 2 fully saturated rings. The van der Waals surface area contributed by atoms with E-state index in [1.54, 1.807) is 6.07 Å². The first kappa shape index (κ1) is 21.6. The van der Waals surface area contributed by atoms with Gasteiger partial charge in [0.25, 0.3) is 10.0 Å². The number of thiophene rings is 1. The lowest BCUT2D eigenvalue weighted by molar-refractivity contribution is -0.120. The molecule has 0 radical (unpaired) electrons. The van der Waals surface area contributed by atoms with Crippen LogP contribution in [0.1, 0.15) is 42.5 Å². The molecule has 2 aliphatic heterocycles. The molecule has 32 heavy (non-hydrogen) atoms. The number of imidazole rings is 1. The van der Waals surface area contributed by atoms with Gasteiger partial charge in [0.05, 0.1) is 17.0 Å². The maximum Gasteiger partial charge on any atom is 0.252 e. The van der Waals surface area contributed by atoms with Crippen LogP contribution in [0.4, 0.5) is 5.69 Å². The van der Waals surface area contributed by atoms with Crippen molar-refractivity contribution in [3.63, 3.8) is 0 Å². The second-order valence-corrected chi connectivity index (χ2v) is 11.9. The summed E-state index contributed by atoms with van der Waals surface area (Å²) < 4.78 is 33.4. The van der Waals surface area contributed by atoms with E-state index in [0.717, 1.165) is 41.2 Å². The van der Waals surface area contributed by atoms with Crippen LogP contribution >= 0.6 is 11.3 Å². The maximum atomic E-state index is 13.0. The molecule has 0 aliphatic carbocycles. The Bertz CT molecular complexity index is 1240. The Labute approximate surface area is 191 Å². The van der Waals surface area contributed by atoms with Crippen LogP contribution in [0.25, 0.3) is 11.0 Å². The van der Waals surface area contributed by atoms with E-state index >= 15 is 0 Å². The number of sulfonamides is 1. The summed E-state index contributed by atoms with van der Waals surface area (Å²) >= 11 is 1.26. The van der Waals surface area contributed by atoms with E-state index in [1.807, 2.05) is 31.2 Å². The number of aryl methyl sites for hydroxylation is 1. The van der Waals surface area contributed by atoms with Crippen molar-refractivity contribution < 1.29 is 17.9 Å². The molecule has 10 heteroatoms. The van der Waals surface area contributed by atoms with Gasteiger partial charge in [0.1, 0.15) is 16.1 Å². The van der Waals surface area contributed by atoms with Gasteiger partial charge in [-0.05, 0) is 62.9 Å². The Kier molecular flexibility index (Phi) is 5.79. The van der Waals surface area contributed by atoms with E-state index in [4.69, 9.17) is 4.74 Å². The summed E-state index contributed by atoms with van der Waals surface area (Å²) in [5.41, 5.74) is 2.34. The summed E-state index contributed by atoms with van der Waals surface area (Å²) in [7, 11) is -3.57.